The maximum absolute atomic E-state index is 11.2. The van der Waals surface area contributed by atoms with E-state index in [0.29, 0.717) is 15.7 Å². The van der Waals surface area contributed by atoms with Gasteiger partial charge in [0.2, 0.25) is 0 Å². The van der Waals surface area contributed by atoms with E-state index in [1.165, 1.54) is 0 Å². The van der Waals surface area contributed by atoms with Crippen molar-refractivity contribution in [3.05, 3.63) is 112 Å². The monoisotopic (exact) mass is 500 g/mol. The number of hydrazone groups is 1. The highest BCUT2D eigenvalue weighted by Crippen LogP contribution is 2.28. The van der Waals surface area contributed by atoms with Crippen LogP contribution in [0.2, 0.25) is 10.0 Å². The molecule has 0 aliphatic heterocycles. The van der Waals surface area contributed by atoms with E-state index in [-0.39, 0.29) is 5.56 Å². The van der Waals surface area contributed by atoms with Crippen LogP contribution in [0.4, 0.5) is 5.69 Å². The summed E-state index contributed by atoms with van der Waals surface area (Å²) in [5, 5.41) is 21.6. The van der Waals surface area contributed by atoms with Crippen LogP contribution in [0.25, 0.3) is 27.7 Å². The Bertz CT molecular complexity index is 1580. The summed E-state index contributed by atoms with van der Waals surface area (Å²) in [4.78, 5) is 11.2. The largest absolute Gasteiger partial charge is 0.478 e. The van der Waals surface area contributed by atoms with Gasteiger partial charge in [-0.15, -0.1) is 0 Å². The van der Waals surface area contributed by atoms with Crippen LogP contribution in [0, 0.1) is 0 Å². The lowest BCUT2D eigenvalue weighted by Crippen LogP contribution is -1.99. The van der Waals surface area contributed by atoms with Crippen molar-refractivity contribution in [2.45, 2.75) is 0 Å². The number of anilines is 1. The number of carbonyl (C=O) groups is 1. The summed E-state index contributed by atoms with van der Waals surface area (Å²) in [5.41, 5.74) is 6.92. The van der Waals surface area contributed by atoms with Crippen LogP contribution in [0.3, 0.4) is 0 Å². The second kappa shape index (κ2) is 9.62. The van der Waals surface area contributed by atoms with Crippen molar-refractivity contribution in [1.82, 2.24) is 9.78 Å². The van der Waals surface area contributed by atoms with Crippen molar-refractivity contribution in [1.29, 1.82) is 0 Å². The number of nitrogens with zero attached hydrogens (tertiary/aromatic N) is 3. The number of fused-ring (bicyclic) bond motifs is 1. The Morgan fingerprint density at radius 3 is 2.46 bits per heavy atom. The predicted molar refractivity (Wildman–Crippen MR) is 141 cm³/mol. The van der Waals surface area contributed by atoms with E-state index < -0.39 is 5.97 Å². The zero-order valence-corrected chi connectivity index (χ0v) is 19.7. The number of nitrogens with one attached hydrogen (secondary N) is 1. The van der Waals surface area contributed by atoms with Gasteiger partial charge in [-0.3, -0.25) is 5.43 Å². The zero-order chi connectivity index (χ0) is 24.4. The summed E-state index contributed by atoms with van der Waals surface area (Å²) in [5.74, 6) is -0.978. The van der Waals surface area contributed by atoms with Gasteiger partial charge in [0.05, 0.1) is 28.2 Å². The normalized spacial score (nSPS) is 11.3. The smallest absolute Gasteiger partial charge is 0.335 e. The Balaban J connectivity index is 1.54. The van der Waals surface area contributed by atoms with E-state index in [0.717, 1.165) is 33.3 Å². The predicted octanol–water partition coefficient (Wildman–Crippen LogP) is 7.14. The molecule has 172 valence electrons. The quantitative estimate of drug-likeness (QED) is 0.191. The van der Waals surface area contributed by atoms with Gasteiger partial charge in [0.1, 0.15) is 5.69 Å². The van der Waals surface area contributed by atoms with Crippen molar-refractivity contribution in [3.8, 4) is 16.9 Å². The van der Waals surface area contributed by atoms with E-state index in [9.17, 15) is 9.90 Å². The van der Waals surface area contributed by atoms with E-state index >= 15 is 0 Å². The number of halogens is 2. The number of carboxylic acids is 1. The Labute approximate surface area is 211 Å². The fourth-order valence-electron chi connectivity index (χ4n) is 3.68. The molecular formula is C27H18Cl2N4O2. The average Bonchev–Trinajstić information content (AvgIpc) is 3.29. The first-order chi connectivity index (χ1) is 17.0. The molecule has 0 saturated carbocycles. The Hall–Kier alpha value is -4.13. The molecule has 2 N–H and O–H groups in total. The molecule has 0 radical (unpaired) electrons. The van der Waals surface area contributed by atoms with Gasteiger partial charge in [0, 0.05) is 22.3 Å². The van der Waals surface area contributed by atoms with E-state index in [4.69, 9.17) is 28.3 Å². The fourth-order valence-corrected chi connectivity index (χ4v) is 4.13. The summed E-state index contributed by atoms with van der Waals surface area (Å²) in [6, 6.07) is 25.9. The van der Waals surface area contributed by atoms with Gasteiger partial charge in [-0.05, 0) is 59.3 Å². The molecule has 4 aromatic carbocycles. The molecule has 6 nitrogen and oxygen atoms in total. The molecule has 0 saturated heterocycles. The first kappa shape index (κ1) is 22.7. The van der Waals surface area contributed by atoms with Crippen LogP contribution in [0.5, 0.6) is 0 Å². The summed E-state index contributed by atoms with van der Waals surface area (Å²) in [6.45, 7) is 0. The molecule has 5 rings (SSSR count). The maximum atomic E-state index is 11.2. The van der Waals surface area contributed by atoms with Gasteiger partial charge in [-0.1, -0.05) is 59.6 Å². The minimum Gasteiger partial charge on any atom is -0.478 e. The second-order valence-corrected chi connectivity index (χ2v) is 8.63. The topological polar surface area (TPSA) is 79.5 Å². The number of carboxylic acid groups (broad SMARTS) is 1. The summed E-state index contributed by atoms with van der Waals surface area (Å²) in [6.07, 6.45) is 3.51. The SMILES string of the molecule is O=C(O)c1ccc(-n2cc(/C=N/Nc3ccc(Cl)cc3Cl)c(-c3ccc4ccccc4c3)n2)cc1. The average molecular weight is 501 g/mol. The molecule has 0 unspecified atom stereocenters. The molecule has 0 bridgehead atoms. The van der Waals surface area contributed by atoms with Gasteiger partial charge in [0.25, 0.3) is 0 Å². The fraction of sp³-hybridized carbons (Fsp3) is 0. The summed E-state index contributed by atoms with van der Waals surface area (Å²) >= 11 is 12.2. The van der Waals surface area contributed by atoms with Crippen molar-refractivity contribution in [2.75, 3.05) is 5.43 Å². The van der Waals surface area contributed by atoms with Crippen LogP contribution < -0.4 is 5.43 Å². The molecular weight excluding hydrogens is 483 g/mol. The van der Waals surface area contributed by atoms with Gasteiger partial charge < -0.3 is 5.11 Å². The highest BCUT2D eigenvalue weighted by molar-refractivity contribution is 6.36. The second-order valence-electron chi connectivity index (χ2n) is 7.79. The molecule has 0 amide bonds. The molecule has 0 aliphatic carbocycles. The standard InChI is InChI=1S/C27H18Cl2N4O2/c28-22-9-12-25(24(29)14-22)31-30-15-21-16-33(23-10-7-18(8-11-23)27(34)35)32-26(21)20-6-5-17-3-1-2-4-19(17)13-20/h1-16,31H,(H,34,35)/b30-15+. The molecule has 8 heteroatoms. The minimum absolute atomic E-state index is 0.210. The van der Waals surface area contributed by atoms with Gasteiger partial charge in [-0.2, -0.15) is 10.2 Å². The van der Waals surface area contributed by atoms with Crippen LogP contribution in [0.1, 0.15) is 15.9 Å². The minimum atomic E-state index is -0.978. The lowest BCUT2D eigenvalue weighted by Gasteiger charge is -2.04. The third kappa shape index (κ3) is 4.89. The molecule has 0 atom stereocenters. The number of aromatic carboxylic acids is 1. The van der Waals surface area contributed by atoms with Crippen LogP contribution in [0.15, 0.2) is 96.2 Å². The molecule has 1 aromatic heterocycles. The highest BCUT2D eigenvalue weighted by Gasteiger charge is 2.13. The van der Waals surface area contributed by atoms with E-state index in [1.54, 1.807) is 53.4 Å². The Kier molecular flexibility index (Phi) is 6.23. The first-order valence-corrected chi connectivity index (χ1v) is 11.4. The highest BCUT2D eigenvalue weighted by atomic mass is 35.5. The van der Waals surface area contributed by atoms with Gasteiger partial charge in [-0.25, -0.2) is 9.48 Å². The molecule has 0 spiro atoms. The van der Waals surface area contributed by atoms with Crippen molar-refractivity contribution >= 4 is 51.8 Å². The van der Waals surface area contributed by atoms with Gasteiger partial charge in [0.15, 0.2) is 0 Å². The Morgan fingerprint density at radius 1 is 0.943 bits per heavy atom. The summed E-state index contributed by atoms with van der Waals surface area (Å²) in [7, 11) is 0. The van der Waals surface area contributed by atoms with Crippen molar-refractivity contribution in [3.63, 3.8) is 0 Å². The van der Waals surface area contributed by atoms with Crippen molar-refractivity contribution < 1.29 is 9.90 Å². The molecule has 1 heterocycles. The number of hydrogen-bond acceptors (Lipinski definition) is 4. The lowest BCUT2D eigenvalue weighted by molar-refractivity contribution is 0.0697. The van der Waals surface area contributed by atoms with Crippen LogP contribution in [-0.2, 0) is 0 Å². The molecule has 35 heavy (non-hydrogen) atoms. The molecule has 0 aliphatic rings. The Morgan fingerprint density at radius 2 is 1.71 bits per heavy atom. The first-order valence-electron chi connectivity index (χ1n) is 10.6. The number of benzene rings is 4. The van der Waals surface area contributed by atoms with Crippen molar-refractivity contribution in [2.24, 2.45) is 5.10 Å². The number of hydrogen-bond donors (Lipinski definition) is 2. The number of aromatic nitrogens is 2. The van der Waals surface area contributed by atoms with Crippen LogP contribution in [-0.4, -0.2) is 27.1 Å². The third-order valence-electron chi connectivity index (χ3n) is 5.46. The number of rotatable bonds is 6. The molecule has 5 aromatic rings. The van der Waals surface area contributed by atoms with Crippen LogP contribution >= 0.6 is 23.2 Å². The lowest BCUT2D eigenvalue weighted by atomic mass is 10.0. The molecule has 0 fully saturated rings. The maximum Gasteiger partial charge on any atom is 0.335 e. The third-order valence-corrected chi connectivity index (χ3v) is 6.01. The van der Waals surface area contributed by atoms with E-state index in [2.05, 4.69) is 34.8 Å². The van der Waals surface area contributed by atoms with Gasteiger partial charge >= 0.3 is 5.97 Å². The zero-order valence-electron chi connectivity index (χ0n) is 18.2. The summed E-state index contributed by atoms with van der Waals surface area (Å²) < 4.78 is 1.70. The van der Waals surface area contributed by atoms with E-state index in [1.807, 2.05) is 24.4 Å².